The van der Waals surface area contributed by atoms with Crippen molar-refractivity contribution in [2.45, 2.75) is 44.7 Å². The SMILES string of the molecule is Cc1ncc(C(=O)NC[C@H]2[C@H]3C[C@H](CN(C(=O)CO)C3)[C@@H]3CCCC(=O)N32)[nH]1. The molecule has 4 rings (SSSR count). The molecule has 0 aromatic carbocycles. The second-order valence-corrected chi connectivity index (χ2v) is 8.13. The van der Waals surface area contributed by atoms with E-state index in [1.807, 2.05) is 4.90 Å². The van der Waals surface area contributed by atoms with E-state index in [1.165, 1.54) is 6.20 Å². The van der Waals surface area contributed by atoms with Crippen LogP contribution in [0.4, 0.5) is 0 Å². The van der Waals surface area contributed by atoms with Crippen LogP contribution < -0.4 is 5.32 Å². The molecule has 152 valence electrons. The number of H-pyrrole nitrogens is 1. The Morgan fingerprint density at radius 1 is 1.36 bits per heavy atom. The zero-order valence-corrected chi connectivity index (χ0v) is 16.1. The number of aliphatic hydroxyl groups excluding tert-OH is 1. The number of rotatable bonds is 4. The Bertz CT molecular complexity index is 778. The molecule has 2 bridgehead atoms. The minimum Gasteiger partial charge on any atom is -0.387 e. The van der Waals surface area contributed by atoms with Gasteiger partial charge in [-0.1, -0.05) is 0 Å². The van der Waals surface area contributed by atoms with Crippen LogP contribution in [-0.2, 0) is 9.59 Å². The summed E-state index contributed by atoms with van der Waals surface area (Å²) in [6.07, 6.45) is 4.77. The molecule has 0 radical (unpaired) electrons. The zero-order chi connectivity index (χ0) is 19.8. The van der Waals surface area contributed by atoms with Crippen LogP contribution in [0.5, 0.6) is 0 Å². The Balaban J connectivity index is 1.53. The zero-order valence-electron chi connectivity index (χ0n) is 16.1. The van der Waals surface area contributed by atoms with Crippen molar-refractivity contribution in [1.82, 2.24) is 25.1 Å². The van der Waals surface area contributed by atoms with Crippen molar-refractivity contribution in [3.8, 4) is 0 Å². The molecule has 0 aliphatic carbocycles. The van der Waals surface area contributed by atoms with Crippen LogP contribution in [0.2, 0.25) is 0 Å². The number of nitrogens with one attached hydrogen (secondary N) is 2. The number of likely N-dealkylation sites (tertiary alicyclic amines) is 1. The topological polar surface area (TPSA) is 119 Å². The van der Waals surface area contributed by atoms with Crippen molar-refractivity contribution in [1.29, 1.82) is 0 Å². The predicted molar refractivity (Wildman–Crippen MR) is 99.2 cm³/mol. The van der Waals surface area contributed by atoms with Gasteiger partial charge >= 0.3 is 0 Å². The van der Waals surface area contributed by atoms with E-state index >= 15 is 0 Å². The van der Waals surface area contributed by atoms with Gasteiger partial charge in [-0.15, -0.1) is 0 Å². The summed E-state index contributed by atoms with van der Waals surface area (Å²) in [5.74, 6) is 0.632. The lowest BCUT2D eigenvalue weighted by Gasteiger charge is -2.56. The summed E-state index contributed by atoms with van der Waals surface area (Å²) in [5.41, 5.74) is 0.397. The molecule has 3 aliphatic heterocycles. The van der Waals surface area contributed by atoms with Crippen LogP contribution in [0.25, 0.3) is 0 Å². The van der Waals surface area contributed by atoms with E-state index in [4.69, 9.17) is 0 Å². The number of fused-ring (bicyclic) bond motifs is 4. The molecule has 3 N–H and O–H groups in total. The first-order chi connectivity index (χ1) is 13.5. The third kappa shape index (κ3) is 3.39. The first-order valence-corrected chi connectivity index (χ1v) is 9.97. The fourth-order valence-corrected chi connectivity index (χ4v) is 5.17. The molecule has 0 saturated carbocycles. The van der Waals surface area contributed by atoms with Crippen LogP contribution in [0.1, 0.15) is 42.0 Å². The Kier molecular flexibility index (Phi) is 5.09. The second kappa shape index (κ2) is 7.54. The highest BCUT2D eigenvalue weighted by atomic mass is 16.3. The number of carbonyl (C=O) groups excluding carboxylic acids is 3. The normalized spacial score (nSPS) is 29.4. The predicted octanol–water partition coefficient (Wildman–Crippen LogP) is -0.332. The van der Waals surface area contributed by atoms with Crippen molar-refractivity contribution in [3.05, 3.63) is 17.7 Å². The molecular formula is C19H27N5O4. The Labute approximate surface area is 163 Å². The quantitative estimate of drug-likeness (QED) is 0.652. The Morgan fingerprint density at radius 3 is 2.86 bits per heavy atom. The molecule has 9 heteroatoms. The third-order valence-corrected chi connectivity index (χ3v) is 6.40. The van der Waals surface area contributed by atoms with Crippen molar-refractivity contribution < 1.29 is 19.5 Å². The molecule has 4 atom stereocenters. The fraction of sp³-hybridized carbons (Fsp3) is 0.684. The summed E-state index contributed by atoms with van der Waals surface area (Å²) in [6.45, 7) is 2.74. The highest BCUT2D eigenvalue weighted by Crippen LogP contribution is 2.41. The van der Waals surface area contributed by atoms with Gasteiger partial charge in [0.05, 0.1) is 12.2 Å². The number of nitrogens with zero attached hydrogens (tertiary/aromatic N) is 3. The van der Waals surface area contributed by atoms with E-state index in [-0.39, 0.29) is 41.6 Å². The summed E-state index contributed by atoms with van der Waals surface area (Å²) < 4.78 is 0. The molecule has 3 fully saturated rings. The molecule has 9 nitrogen and oxygen atoms in total. The number of imidazole rings is 1. The second-order valence-electron chi connectivity index (χ2n) is 8.13. The number of aryl methyl sites for hydroxylation is 1. The molecule has 3 aliphatic rings. The largest absolute Gasteiger partial charge is 0.387 e. The molecule has 1 aromatic rings. The number of carbonyl (C=O) groups is 3. The van der Waals surface area contributed by atoms with Crippen LogP contribution in [0.15, 0.2) is 6.20 Å². The van der Waals surface area contributed by atoms with Gasteiger partial charge in [-0.05, 0) is 38.0 Å². The van der Waals surface area contributed by atoms with Gasteiger partial charge in [-0.2, -0.15) is 0 Å². The lowest BCUT2D eigenvalue weighted by Crippen LogP contribution is -2.67. The maximum absolute atomic E-state index is 12.7. The van der Waals surface area contributed by atoms with Gasteiger partial charge < -0.3 is 25.2 Å². The lowest BCUT2D eigenvalue weighted by molar-refractivity contribution is -0.156. The third-order valence-electron chi connectivity index (χ3n) is 6.40. The average molecular weight is 389 g/mol. The molecule has 0 unspecified atom stereocenters. The smallest absolute Gasteiger partial charge is 0.269 e. The van der Waals surface area contributed by atoms with Crippen LogP contribution in [0, 0.1) is 18.8 Å². The molecule has 28 heavy (non-hydrogen) atoms. The summed E-state index contributed by atoms with van der Waals surface area (Å²) in [4.78, 5) is 48.0. The van der Waals surface area contributed by atoms with Crippen molar-refractivity contribution in [2.24, 2.45) is 11.8 Å². The first-order valence-electron chi connectivity index (χ1n) is 9.97. The minimum atomic E-state index is -0.493. The van der Waals surface area contributed by atoms with Gasteiger partial charge in [0.15, 0.2) is 0 Å². The summed E-state index contributed by atoms with van der Waals surface area (Å²) in [6, 6.07) is -0.0422. The van der Waals surface area contributed by atoms with Gasteiger partial charge in [0.1, 0.15) is 18.1 Å². The van der Waals surface area contributed by atoms with Gasteiger partial charge in [-0.25, -0.2) is 4.98 Å². The van der Waals surface area contributed by atoms with Crippen LogP contribution >= 0.6 is 0 Å². The number of aromatic amines is 1. The maximum Gasteiger partial charge on any atom is 0.269 e. The van der Waals surface area contributed by atoms with Crippen molar-refractivity contribution >= 4 is 17.7 Å². The molecule has 0 spiro atoms. The van der Waals surface area contributed by atoms with E-state index in [2.05, 4.69) is 15.3 Å². The molecule has 1 aromatic heterocycles. The number of hydrogen-bond donors (Lipinski definition) is 3. The van der Waals surface area contributed by atoms with E-state index in [0.717, 1.165) is 19.3 Å². The number of piperidine rings is 3. The highest BCUT2D eigenvalue weighted by Gasteiger charge is 2.49. The Morgan fingerprint density at radius 2 is 2.14 bits per heavy atom. The van der Waals surface area contributed by atoms with Gasteiger partial charge in [0.2, 0.25) is 11.8 Å². The molecule has 4 heterocycles. The first kappa shape index (κ1) is 18.9. The van der Waals surface area contributed by atoms with E-state index in [0.29, 0.717) is 37.6 Å². The van der Waals surface area contributed by atoms with Gasteiger partial charge in [0, 0.05) is 32.1 Å². The van der Waals surface area contributed by atoms with E-state index < -0.39 is 6.61 Å². The van der Waals surface area contributed by atoms with Gasteiger partial charge in [-0.3, -0.25) is 14.4 Å². The number of aromatic nitrogens is 2. The summed E-state index contributed by atoms with van der Waals surface area (Å²) in [5, 5.41) is 12.2. The monoisotopic (exact) mass is 389 g/mol. The molecule has 3 saturated heterocycles. The summed E-state index contributed by atoms with van der Waals surface area (Å²) in [7, 11) is 0. The highest BCUT2D eigenvalue weighted by molar-refractivity contribution is 5.92. The molecule has 3 amide bonds. The average Bonchev–Trinajstić information content (AvgIpc) is 3.13. The molecular weight excluding hydrogens is 362 g/mol. The van der Waals surface area contributed by atoms with Crippen LogP contribution in [0.3, 0.4) is 0 Å². The number of aliphatic hydroxyl groups is 1. The maximum atomic E-state index is 12.7. The van der Waals surface area contributed by atoms with Crippen LogP contribution in [-0.4, -0.2) is 80.9 Å². The van der Waals surface area contributed by atoms with Crippen molar-refractivity contribution in [3.63, 3.8) is 0 Å². The number of hydrogen-bond acceptors (Lipinski definition) is 5. The fourth-order valence-electron chi connectivity index (χ4n) is 5.17. The van der Waals surface area contributed by atoms with E-state index in [9.17, 15) is 19.5 Å². The number of amides is 3. The Hall–Kier alpha value is -2.42. The van der Waals surface area contributed by atoms with Gasteiger partial charge in [0.25, 0.3) is 5.91 Å². The standard InChI is InChI=1S/C19H27N5O4/c1-11-20-6-14(22-11)19(28)21-7-16-13-5-12(8-23(9-13)18(27)10-25)15-3-2-4-17(26)24(15)16/h6,12-13,15-16,25H,2-5,7-10H2,1H3,(H,20,22)(H,21,28)/t12-,13+,15+,16+/m1/s1. The summed E-state index contributed by atoms with van der Waals surface area (Å²) >= 11 is 0. The van der Waals surface area contributed by atoms with E-state index in [1.54, 1.807) is 11.8 Å². The lowest BCUT2D eigenvalue weighted by atomic mass is 9.72. The van der Waals surface area contributed by atoms with Crippen molar-refractivity contribution in [2.75, 3.05) is 26.2 Å². The minimum absolute atomic E-state index is 0.0938.